The molecule has 2 saturated carbocycles. The van der Waals surface area contributed by atoms with E-state index in [1.54, 1.807) is 0 Å². The van der Waals surface area contributed by atoms with Crippen molar-refractivity contribution in [2.45, 2.75) is 77.6 Å². The second kappa shape index (κ2) is 5.60. The van der Waals surface area contributed by atoms with Crippen LogP contribution in [-0.2, 0) is 16.8 Å². The van der Waals surface area contributed by atoms with Crippen LogP contribution in [0.3, 0.4) is 0 Å². The average Bonchev–Trinajstić information content (AvgIpc) is 2.80. The molecule has 1 aromatic rings. The van der Waals surface area contributed by atoms with Crippen LogP contribution in [0, 0.1) is 5.41 Å². The molecule has 0 saturated heterocycles. The summed E-state index contributed by atoms with van der Waals surface area (Å²) in [5.74, 6) is 0. The highest BCUT2D eigenvalue weighted by atomic mass is 16.5. The topological polar surface area (TPSA) is 43.2 Å². The Balaban J connectivity index is 1.63. The van der Waals surface area contributed by atoms with Crippen molar-refractivity contribution < 1.29 is 4.74 Å². The van der Waals surface area contributed by atoms with Crippen LogP contribution in [0.4, 0.5) is 0 Å². The van der Waals surface area contributed by atoms with Gasteiger partial charge in [-0.3, -0.25) is 4.90 Å². The Kier molecular flexibility index (Phi) is 4.06. The highest BCUT2D eigenvalue weighted by Gasteiger charge is 2.60. The molecular weight excluding hydrogens is 276 g/mol. The van der Waals surface area contributed by atoms with Crippen molar-refractivity contribution >= 4 is 0 Å². The molecule has 124 valence electrons. The van der Waals surface area contributed by atoms with E-state index in [1.165, 1.54) is 19.3 Å². The Morgan fingerprint density at radius 3 is 2.64 bits per heavy atom. The van der Waals surface area contributed by atoms with Crippen LogP contribution in [0.15, 0.2) is 6.20 Å². The number of rotatable bonds is 5. The van der Waals surface area contributed by atoms with E-state index < -0.39 is 0 Å². The number of ether oxygens (including phenoxy) is 1. The zero-order chi connectivity index (χ0) is 16.0. The normalized spacial score (nSPS) is 27.0. The first-order valence-corrected chi connectivity index (χ1v) is 8.60. The fourth-order valence-corrected chi connectivity index (χ4v) is 4.08. The van der Waals surface area contributed by atoms with E-state index >= 15 is 0 Å². The van der Waals surface area contributed by atoms with Gasteiger partial charge in [0.05, 0.1) is 23.5 Å². The second-order valence-electron chi connectivity index (χ2n) is 8.02. The molecule has 0 bridgehead atoms. The minimum atomic E-state index is -0.00442. The fourth-order valence-electron chi connectivity index (χ4n) is 4.08. The first kappa shape index (κ1) is 15.9. The van der Waals surface area contributed by atoms with Crippen molar-refractivity contribution in [3.05, 3.63) is 11.9 Å². The summed E-state index contributed by atoms with van der Waals surface area (Å²) < 4.78 is 7.91. The summed E-state index contributed by atoms with van der Waals surface area (Å²) in [5, 5.41) is 8.62. The Bertz CT molecular complexity index is 515. The van der Waals surface area contributed by atoms with Gasteiger partial charge < -0.3 is 4.74 Å². The third-order valence-electron chi connectivity index (χ3n) is 5.57. The lowest BCUT2D eigenvalue weighted by molar-refractivity contribution is -0.201. The van der Waals surface area contributed by atoms with Gasteiger partial charge in [-0.15, -0.1) is 5.10 Å². The van der Waals surface area contributed by atoms with E-state index in [9.17, 15) is 0 Å². The lowest BCUT2D eigenvalue weighted by Gasteiger charge is -2.63. The van der Waals surface area contributed by atoms with Crippen LogP contribution >= 0.6 is 0 Å². The largest absolute Gasteiger partial charge is 0.378 e. The van der Waals surface area contributed by atoms with Crippen LogP contribution in [0.2, 0.25) is 0 Å². The molecule has 5 heteroatoms. The fraction of sp³-hybridized carbons (Fsp3) is 0.882. The SMILES string of the molecule is CCO[C@H]1C[C@H](N(C)Cc2cn(C(C)(C)C)nn2)C12CCC2. The third-order valence-corrected chi connectivity index (χ3v) is 5.57. The summed E-state index contributed by atoms with van der Waals surface area (Å²) >= 11 is 0. The lowest BCUT2D eigenvalue weighted by atomic mass is 9.50. The Morgan fingerprint density at radius 2 is 2.14 bits per heavy atom. The highest BCUT2D eigenvalue weighted by molar-refractivity contribution is 5.13. The van der Waals surface area contributed by atoms with Gasteiger partial charge >= 0.3 is 0 Å². The number of hydrogen-bond acceptors (Lipinski definition) is 4. The standard InChI is InChI=1S/C17H30N4O/c1-6-22-15-10-14(17(15)8-7-9-17)20(5)11-13-12-21(19-18-13)16(2,3)4/h12,14-15H,6-11H2,1-5H3/t14-,15-/m0/s1. The molecule has 1 spiro atoms. The van der Waals surface area contributed by atoms with Gasteiger partial charge in [-0.25, -0.2) is 4.68 Å². The maximum absolute atomic E-state index is 5.96. The lowest BCUT2D eigenvalue weighted by Crippen LogP contribution is -2.66. The molecule has 2 fully saturated rings. The van der Waals surface area contributed by atoms with Crippen LogP contribution in [0.1, 0.15) is 59.1 Å². The third kappa shape index (κ3) is 2.58. The highest BCUT2D eigenvalue weighted by Crippen LogP contribution is 2.59. The molecule has 0 N–H and O–H groups in total. The Morgan fingerprint density at radius 1 is 1.41 bits per heavy atom. The van der Waals surface area contributed by atoms with Crippen molar-refractivity contribution in [3.63, 3.8) is 0 Å². The zero-order valence-electron chi connectivity index (χ0n) is 14.7. The average molecular weight is 306 g/mol. The number of nitrogens with zero attached hydrogens (tertiary/aromatic N) is 4. The molecule has 5 nitrogen and oxygen atoms in total. The molecule has 0 aromatic carbocycles. The Hall–Kier alpha value is -0.940. The minimum Gasteiger partial charge on any atom is -0.378 e. The van der Waals surface area contributed by atoms with E-state index in [0.29, 0.717) is 17.6 Å². The molecule has 2 aliphatic rings. The van der Waals surface area contributed by atoms with Crippen molar-refractivity contribution in [1.29, 1.82) is 0 Å². The maximum atomic E-state index is 5.96. The van der Waals surface area contributed by atoms with Crippen molar-refractivity contribution in [2.24, 2.45) is 5.41 Å². The summed E-state index contributed by atoms with van der Waals surface area (Å²) in [4.78, 5) is 2.46. The molecule has 0 unspecified atom stereocenters. The van der Waals surface area contributed by atoms with E-state index in [2.05, 4.69) is 56.2 Å². The predicted molar refractivity (Wildman–Crippen MR) is 86.6 cm³/mol. The summed E-state index contributed by atoms with van der Waals surface area (Å²) in [6.45, 7) is 10.3. The monoisotopic (exact) mass is 306 g/mol. The molecule has 0 aliphatic heterocycles. The molecule has 2 aliphatic carbocycles. The molecule has 2 atom stereocenters. The summed E-state index contributed by atoms with van der Waals surface area (Å²) in [6.07, 6.45) is 7.72. The Labute approximate surface area is 134 Å². The van der Waals surface area contributed by atoms with Gasteiger partial charge in [0.1, 0.15) is 0 Å². The summed E-state index contributed by atoms with van der Waals surface area (Å²) in [7, 11) is 2.23. The first-order chi connectivity index (χ1) is 10.4. The van der Waals surface area contributed by atoms with Crippen molar-refractivity contribution in [3.8, 4) is 0 Å². The molecule has 22 heavy (non-hydrogen) atoms. The molecule has 3 rings (SSSR count). The van der Waals surface area contributed by atoms with E-state index in [-0.39, 0.29) is 5.54 Å². The van der Waals surface area contributed by atoms with Crippen LogP contribution in [0.5, 0.6) is 0 Å². The maximum Gasteiger partial charge on any atom is 0.0967 e. The van der Waals surface area contributed by atoms with Gasteiger partial charge in [0.2, 0.25) is 0 Å². The van der Waals surface area contributed by atoms with Crippen LogP contribution < -0.4 is 0 Å². The predicted octanol–water partition coefficient (Wildman–Crippen LogP) is 2.81. The second-order valence-corrected chi connectivity index (χ2v) is 8.02. The van der Waals surface area contributed by atoms with Crippen LogP contribution in [0.25, 0.3) is 0 Å². The van der Waals surface area contributed by atoms with Gasteiger partial charge in [0.25, 0.3) is 0 Å². The molecule has 0 amide bonds. The van der Waals surface area contributed by atoms with Gasteiger partial charge in [-0.2, -0.15) is 0 Å². The summed E-state index contributed by atoms with van der Waals surface area (Å²) in [5.41, 5.74) is 1.48. The quantitative estimate of drug-likeness (QED) is 0.839. The van der Waals surface area contributed by atoms with Crippen molar-refractivity contribution in [2.75, 3.05) is 13.7 Å². The first-order valence-electron chi connectivity index (χ1n) is 8.60. The number of hydrogen-bond donors (Lipinski definition) is 0. The molecule has 0 radical (unpaired) electrons. The number of aromatic nitrogens is 3. The zero-order valence-corrected chi connectivity index (χ0v) is 14.7. The van der Waals surface area contributed by atoms with Gasteiger partial charge in [0, 0.05) is 24.6 Å². The van der Waals surface area contributed by atoms with E-state index in [1.807, 2.05) is 4.68 Å². The van der Waals surface area contributed by atoms with E-state index in [0.717, 1.165) is 25.3 Å². The van der Waals surface area contributed by atoms with Crippen molar-refractivity contribution in [1.82, 2.24) is 19.9 Å². The molecule has 1 aromatic heterocycles. The van der Waals surface area contributed by atoms with Crippen LogP contribution in [-0.4, -0.2) is 45.7 Å². The molecular formula is C17H30N4O. The molecule has 1 heterocycles. The minimum absolute atomic E-state index is 0.00442. The van der Waals surface area contributed by atoms with Gasteiger partial charge in [-0.1, -0.05) is 11.6 Å². The van der Waals surface area contributed by atoms with Gasteiger partial charge in [0.15, 0.2) is 0 Å². The van der Waals surface area contributed by atoms with E-state index in [4.69, 9.17) is 4.74 Å². The smallest absolute Gasteiger partial charge is 0.0967 e. The van der Waals surface area contributed by atoms with Gasteiger partial charge in [-0.05, 0) is 54.0 Å². The summed E-state index contributed by atoms with van der Waals surface area (Å²) in [6, 6.07) is 0.637.